The molecular weight excluding hydrogens is 172 g/mol. The van der Waals surface area contributed by atoms with Gasteiger partial charge in [-0.2, -0.15) is 0 Å². The predicted octanol–water partition coefficient (Wildman–Crippen LogP) is 1.94. The monoisotopic (exact) mass is 188 g/mol. The van der Waals surface area contributed by atoms with Crippen molar-refractivity contribution in [1.29, 1.82) is 0 Å². The third-order valence-corrected chi connectivity index (χ3v) is 2.68. The summed E-state index contributed by atoms with van der Waals surface area (Å²) in [6.07, 6.45) is 1.10. The largest absolute Gasteiger partial charge is 0.358 e. The van der Waals surface area contributed by atoms with Gasteiger partial charge in [0.2, 0.25) is 0 Å². The van der Waals surface area contributed by atoms with Gasteiger partial charge in [-0.1, -0.05) is 31.2 Å². The lowest BCUT2D eigenvalue weighted by Gasteiger charge is -2.13. The van der Waals surface area contributed by atoms with E-state index in [-0.39, 0.29) is 0 Å². The molecule has 0 aromatic heterocycles. The van der Waals surface area contributed by atoms with E-state index in [9.17, 15) is 0 Å². The smallest absolute Gasteiger partial charge is 0.130 e. The van der Waals surface area contributed by atoms with Gasteiger partial charge in [-0.05, 0) is 12.0 Å². The highest BCUT2D eigenvalue weighted by Gasteiger charge is 2.13. The van der Waals surface area contributed by atoms with E-state index in [1.165, 1.54) is 11.1 Å². The molecule has 0 radical (unpaired) electrons. The molecule has 0 amide bonds. The molecule has 0 spiro atoms. The highest BCUT2D eigenvalue weighted by molar-refractivity contribution is 5.99. The average Bonchev–Trinajstić information content (AvgIpc) is 2.65. The van der Waals surface area contributed by atoms with Crippen LogP contribution in [0.3, 0.4) is 0 Å². The molecule has 0 unspecified atom stereocenters. The molecule has 1 aromatic rings. The highest BCUT2D eigenvalue weighted by atomic mass is 15.2. The zero-order chi connectivity index (χ0) is 9.97. The molecule has 1 aromatic carbocycles. The summed E-state index contributed by atoms with van der Waals surface area (Å²) in [6, 6.07) is 8.70. The van der Waals surface area contributed by atoms with Crippen LogP contribution in [-0.2, 0) is 6.42 Å². The van der Waals surface area contributed by atoms with E-state index in [0.717, 1.165) is 25.3 Å². The molecule has 2 rings (SSSR count). The zero-order valence-corrected chi connectivity index (χ0v) is 8.83. The van der Waals surface area contributed by atoms with E-state index in [1.807, 2.05) is 0 Å². The number of rotatable bonds is 2. The Balaban J connectivity index is 2.24. The molecule has 2 nitrogen and oxygen atoms in total. The summed E-state index contributed by atoms with van der Waals surface area (Å²) in [5.74, 6) is 1.13. The van der Waals surface area contributed by atoms with Crippen LogP contribution in [0, 0.1) is 0 Å². The molecule has 0 saturated carbocycles. The summed E-state index contributed by atoms with van der Waals surface area (Å²) in [5.41, 5.74) is 2.62. The summed E-state index contributed by atoms with van der Waals surface area (Å²) >= 11 is 0. The first-order chi connectivity index (χ1) is 6.81. The fourth-order valence-corrected chi connectivity index (χ4v) is 1.73. The van der Waals surface area contributed by atoms with E-state index >= 15 is 0 Å². The minimum Gasteiger partial charge on any atom is -0.358 e. The standard InChI is InChI=1S/C12H16N2/c1-3-10-4-6-11(7-5-10)12-13-8-9-14(12)2/h4-7H,3,8-9H2,1-2H3. The van der Waals surface area contributed by atoms with Gasteiger partial charge >= 0.3 is 0 Å². The van der Waals surface area contributed by atoms with Crippen LogP contribution in [0.4, 0.5) is 0 Å². The number of amidine groups is 1. The number of aliphatic imine (C=N–C) groups is 1. The normalized spacial score (nSPS) is 15.9. The molecular formula is C12H16N2. The Hall–Kier alpha value is -1.31. The van der Waals surface area contributed by atoms with Crippen molar-refractivity contribution >= 4 is 5.84 Å². The molecule has 0 saturated heterocycles. The number of hydrogen-bond acceptors (Lipinski definition) is 2. The maximum absolute atomic E-state index is 4.49. The number of hydrogen-bond donors (Lipinski definition) is 0. The molecule has 1 aliphatic heterocycles. The van der Waals surface area contributed by atoms with E-state index in [2.05, 4.69) is 48.1 Å². The van der Waals surface area contributed by atoms with Crippen LogP contribution < -0.4 is 0 Å². The van der Waals surface area contributed by atoms with Crippen molar-refractivity contribution in [1.82, 2.24) is 4.90 Å². The maximum atomic E-state index is 4.49. The third kappa shape index (κ3) is 1.65. The topological polar surface area (TPSA) is 15.6 Å². The Morgan fingerprint density at radius 2 is 2.00 bits per heavy atom. The first kappa shape index (κ1) is 9.25. The number of aryl methyl sites for hydroxylation is 1. The summed E-state index contributed by atoms with van der Waals surface area (Å²) in [4.78, 5) is 6.69. The highest BCUT2D eigenvalue weighted by Crippen LogP contribution is 2.11. The van der Waals surface area contributed by atoms with Gasteiger partial charge in [0.25, 0.3) is 0 Å². The molecule has 1 heterocycles. The molecule has 2 heteroatoms. The van der Waals surface area contributed by atoms with Gasteiger partial charge < -0.3 is 4.90 Å². The van der Waals surface area contributed by atoms with Gasteiger partial charge in [0, 0.05) is 19.2 Å². The van der Waals surface area contributed by atoms with Gasteiger partial charge in [-0.25, -0.2) is 0 Å². The number of benzene rings is 1. The van der Waals surface area contributed by atoms with E-state index in [4.69, 9.17) is 0 Å². The SMILES string of the molecule is CCc1ccc(C2=NCCN2C)cc1. The van der Waals surface area contributed by atoms with Gasteiger partial charge in [0.15, 0.2) is 0 Å². The fourth-order valence-electron chi connectivity index (χ4n) is 1.73. The first-order valence-corrected chi connectivity index (χ1v) is 5.16. The van der Waals surface area contributed by atoms with Crippen LogP contribution in [0.5, 0.6) is 0 Å². The first-order valence-electron chi connectivity index (χ1n) is 5.16. The summed E-state index contributed by atoms with van der Waals surface area (Å²) in [7, 11) is 2.10. The quantitative estimate of drug-likeness (QED) is 0.692. The van der Waals surface area contributed by atoms with Crippen LogP contribution in [-0.4, -0.2) is 30.9 Å². The lowest BCUT2D eigenvalue weighted by molar-refractivity contribution is 0.557. The van der Waals surface area contributed by atoms with Gasteiger partial charge in [0.05, 0.1) is 6.54 Å². The molecule has 0 bridgehead atoms. The van der Waals surface area contributed by atoms with E-state index in [0.29, 0.717) is 0 Å². The van der Waals surface area contributed by atoms with Gasteiger partial charge in [-0.3, -0.25) is 4.99 Å². The van der Waals surface area contributed by atoms with Crippen LogP contribution in [0.15, 0.2) is 29.3 Å². The van der Waals surface area contributed by atoms with Crippen LogP contribution >= 0.6 is 0 Å². The number of likely N-dealkylation sites (N-methyl/N-ethyl adjacent to an activating group) is 1. The van der Waals surface area contributed by atoms with Crippen molar-refractivity contribution in [2.75, 3.05) is 20.1 Å². The average molecular weight is 188 g/mol. The van der Waals surface area contributed by atoms with Crippen LogP contribution in [0.2, 0.25) is 0 Å². The summed E-state index contributed by atoms with van der Waals surface area (Å²) in [5, 5.41) is 0. The fraction of sp³-hybridized carbons (Fsp3) is 0.417. The van der Waals surface area contributed by atoms with Crippen molar-refractivity contribution < 1.29 is 0 Å². The second-order valence-corrected chi connectivity index (χ2v) is 3.68. The Morgan fingerprint density at radius 1 is 1.29 bits per heavy atom. The summed E-state index contributed by atoms with van der Waals surface area (Å²) in [6.45, 7) is 4.15. The van der Waals surface area contributed by atoms with Crippen molar-refractivity contribution in [3.63, 3.8) is 0 Å². The number of nitrogens with zero attached hydrogens (tertiary/aromatic N) is 2. The molecule has 0 N–H and O–H groups in total. The summed E-state index contributed by atoms with van der Waals surface area (Å²) < 4.78 is 0. The zero-order valence-electron chi connectivity index (χ0n) is 8.83. The second kappa shape index (κ2) is 3.82. The third-order valence-electron chi connectivity index (χ3n) is 2.68. The minimum absolute atomic E-state index is 0.932. The van der Waals surface area contributed by atoms with Crippen molar-refractivity contribution in [3.8, 4) is 0 Å². The Bertz CT molecular complexity index is 338. The van der Waals surface area contributed by atoms with E-state index in [1.54, 1.807) is 0 Å². The lowest BCUT2D eigenvalue weighted by Crippen LogP contribution is -2.23. The van der Waals surface area contributed by atoms with Crippen LogP contribution in [0.1, 0.15) is 18.1 Å². The van der Waals surface area contributed by atoms with Crippen molar-refractivity contribution in [2.24, 2.45) is 4.99 Å². The maximum Gasteiger partial charge on any atom is 0.130 e. The molecule has 14 heavy (non-hydrogen) atoms. The molecule has 0 atom stereocenters. The van der Waals surface area contributed by atoms with Gasteiger partial charge in [0.1, 0.15) is 5.84 Å². The second-order valence-electron chi connectivity index (χ2n) is 3.68. The predicted molar refractivity (Wildman–Crippen MR) is 59.9 cm³/mol. The van der Waals surface area contributed by atoms with Crippen molar-refractivity contribution in [2.45, 2.75) is 13.3 Å². The molecule has 0 fully saturated rings. The van der Waals surface area contributed by atoms with Crippen molar-refractivity contribution in [3.05, 3.63) is 35.4 Å². The molecule has 0 aliphatic carbocycles. The Morgan fingerprint density at radius 3 is 2.50 bits per heavy atom. The minimum atomic E-state index is 0.932. The van der Waals surface area contributed by atoms with E-state index < -0.39 is 0 Å². The molecule has 74 valence electrons. The Kier molecular flexibility index (Phi) is 2.53. The van der Waals surface area contributed by atoms with Crippen LogP contribution in [0.25, 0.3) is 0 Å². The Labute approximate surface area is 85.3 Å². The van der Waals surface area contributed by atoms with Gasteiger partial charge in [-0.15, -0.1) is 0 Å². The molecule has 1 aliphatic rings. The lowest BCUT2D eigenvalue weighted by atomic mass is 10.1.